The van der Waals surface area contributed by atoms with Gasteiger partial charge in [-0.05, 0) is 30.1 Å². The topological polar surface area (TPSA) is 33.1 Å². The van der Waals surface area contributed by atoms with Gasteiger partial charge in [0.1, 0.15) is 0 Å². The van der Waals surface area contributed by atoms with E-state index in [1.807, 2.05) is 0 Å². The zero-order valence-corrected chi connectivity index (χ0v) is 9.13. The van der Waals surface area contributed by atoms with Gasteiger partial charge in [-0.2, -0.15) is 10.5 Å². The van der Waals surface area contributed by atoms with Crippen LogP contribution in [-0.4, -0.2) is 35.0 Å². The summed E-state index contributed by atoms with van der Waals surface area (Å²) >= 11 is 1.75. The average molecular weight is 205 g/mol. The molecule has 0 radical (unpaired) electrons. The maximum atomic E-state index is 7.53. The van der Waals surface area contributed by atoms with Crippen molar-refractivity contribution in [2.75, 3.05) is 19.1 Å². The summed E-state index contributed by atoms with van der Waals surface area (Å²) in [5.74, 6) is 0.466. The lowest BCUT2D eigenvalue weighted by molar-refractivity contribution is 0.260. The lowest BCUT2D eigenvalue weighted by atomic mass is 10.2. The maximum absolute atomic E-state index is 7.53. The van der Waals surface area contributed by atoms with Crippen molar-refractivity contribution in [3.8, 4) is 0 Å². The normalized spacial score (nSPS) is 23.9. The van der Waals surface area contributed by atoms with Crippen LogP contribution in [0.3, 0.4) is 0 Å². The van der Waals surface area contributed by atoms with Gasteiger partial charge in [0.15, 0.2) is 5.90 Å². The molecule has 1 heterocycles. The fraction of sp³-hybridized carbons (Fsp3) is 0.750. The second kappa shape index (κ2) is 4.92. The van der Waals surface area contributed by atoms with E-state index in [1.54, 1.807) is 11.8 Å². The quantitative estimate of drug-likeness (QED) is 0.701. The lowest BCUT2D eigenvalue weighted by Crippen LogP contribution is -2.25. The Kier molecular flexibility index (Phi) is 4.15. The van der Waals surface area contributed by atoms with E-state index in [0.717, 1.165) is 19.4 Å². The van der Waals surface area contributed by atoms with Gasteiger partial charge in [-0.15, -0.1) is 11.8 Å². The van der Waals surface area contributed by atoms with Crippen LogP contribution in [0.15, 0.2) is 0 Å². The number of ether oxygens (including phenoxy) is 1. The minimum Gasteiger partial charge on any atom is -0.480 e. The van der Waals surface area contributed by atoms with Crippen LogP contribution in [0.2, 0.25) is 0 Å². The number of rotatable bonds is 2. The maximum Gasteiger partial charge on any atom is 0.194 e. The monoisotopic (exact) mass is 205 g/mol. The molecule has 2 nitrogen and oxygen atoms in total. The number of nitrogens with one attached hydrogen (secondary N) is 1. The predicted octanol–water partition coefficient (Wildman–Crippen LogP) is 2.16. The first kappa shape index (κ1) is 10.1. The molecule has 70 valence electrons. The molecular formula is C8H15NOS2. The zero-order valence-electron chi connectivity index (χ0n) is 7.50. The van der Waals surface area contributed by atoms with E-state index in [9.17, 15) is 0 Å². The van der Waals surface area contributed by atoms with Crippen LogP contribution >= 0.6 is 22.2 Å². The molecule has 4 heteroatoms. The average Bonchev–Trinajstić information content (AvgIpc) is 2.03. The predicted molar refractivity (Wildman–Crippen MR) is 59.8 cm³/mol. The van der Waals surface area contributed by atoms with E-state index in [2.05, 4.69) is 17.2 Å². The molecule has 12 heavy (non-hydrogen) atoms. The van der Waals surface area contributed by atoms with E-state index in [0.29, 0.717) is 16.4 Å². The summed E-state index contributed by atoms with van der Waals surface area (Å²) in [5.41, 5.74) is 0. The second-order valence-corrected chi connectivity index (χ2v) is 6.33. The molecule has 1 N–H and O–H groups in total. The molecule has 0 aromatic carbocycles. The first-order valence-electron chi connectivity index (χ1n) is 3.96. The van der Waals surface area contributed by atoms with Gasteiger partial charge in [-0.25, -0.2) is 0 Å². The highest BCUT2D eigenvalue weighted by Crippen LogP contribution is 2.22. The lowest BCUT2D eigenvalue weighted by Gasteiger charge is -2.21. The number of hydrogen-bond acceptors (Lipinski definition) is 3. The van der Waals surface area contributed by atoms with Gasteiger partial charge in [0.25, 0.3) is 0 Å². The smallest absolute Gasteiger partial charge is 0.194 e. The summed E-state index contributed by atoms with van der Waals surface area (Å²) in [6.07, 6.45) is 6.55. The minimum absolute atomic E-state index is 0.286. The Morgan fingerprint density at radius 3 is 3.00 bits per heavy atom. The third-order valence-electron chi connectivity index (χ3n) is 1.57. The van der Waals surface area contributed by atoms with Crippen molar-refractivity contribution in [1.29, 1.82) is 5.41 Å². The van der Waals surface area contributed by atoms with Crippen LogP contribution in [-0.2, 0) is 4.74 Å². The molecule has 0 spiro atoms. The number of hydrogen-bond donors (Lipinski definition) is 1. The number of thioether (sulfide) groups is 1. The summed E-state index contributed by atoms with van der Waals surface area (Å²) in [6, 6.07) is 0. The van der Waals surface area contributed by atoms with Gasteiger partial charge >= 0.3 is 0 Å². The molecule has 1 unspecified atom stereocenters. The fourth-order valence-electron chi connectivity index (χ4n) is 0.983. The summed E-state index contributed by atoms with van der Waals surface area (Å²) < 4.78 is 7.38. The summed E-state index contributed by atoms with van der Waals surface area (Å²) in [7, 11) is 0.354. The van der Waals surface area contributed by atoms with Gasteiger partial charge in [0.05, 0.1) is 11.9 Å². The van der Waals surface area contributed by atoms with Crippen molar-refractivity contribution in [1.82, 2.24) is 0 Å². The Morgan fingerprint density at radius 2 is 2.42 bits per heavy atom. The molecule has 1 atom stereocenters. The third kappa shape index (κ3) is 3.19. The Balaban J connectivity index is 2.39. The first-order chi connectivity index (χ1) is 5.70. The molecule has 0 bridgehead atoms. The zero-order chi connectivity index (χ0) is 8.97. The fourth-order valence-corrected chi connectivity index (χ4v) is 2.90. The van der Waals surface area contributed by atoms with Gasteiger partial charge in [-0.3, -0.25) is 5.41 Å². The van der Waals surface area contributed by atoms with Crippen molar-refractivity contribution in [3.63, 3.8) is 0 Å². The summed E-state index contributed by atoms with van der Waals surface area (Å²) in [4.78, 5) is 0. The van der Waals surface area contributed by atoms with Gasteiger partial charge in [-0.1, -0.05) is 0 Å². The standard InChI is InChI=1S/C8H15NOS2/c1-12(2)6-11-7-4-3-5-10-8(7)9/h6-7,9H,3-5H2,1-2H3. The van der Waals surface area contributed by atoms with E-state index >= 15 is 0 Å². The molecule has 0 aromatic heterocycles. The van der Waals surface area contributed by atoms with E-state index in [-0.39, 0.29) is 5.25 Å². The molecule has 1 aliphatic heterocycles. The van der Waals surface area contributed by atoms with Gasteiger partial charge < -0.3 is 4.74 Å². The second-order valence-electron chi connectivity index (χ2n) is 2.96. The molecule has 1 saturated heterocycles. The van der Waals surface area contributed by atoms with Crippen molar-refractivity contribution >= 4 is 32.8 Å². The van der Waals surface area contributed by atoms with E-state index in [1.165, 1.54) is 0 Å². The molecule has 0 aromatic rings. The molecule has 1 rings (SSSR count). The van der Waals surface area contributed by atoms with Crippen molar-refractivity contribution in [3.05, 3.63) is 0 Å². The Morgan fingerprint density at radius 1 is 1.67 bits per heavy atom. The van der Waals surface area contributed by atoms with Gasteiger partial charge in [0.2, 0.25) is 0 Å². The van der Waals surface area contributed by atoms with Crippen LogP contribution in [0, 0.1) is 5.41 Å². The van der Waals surface area contributed by atoms with Crippen LogP contribution in [0.25, 0.3) is 0 Å². The molecule has 1 aliphatic rings. The first-order valence-corrected chi connectivity index (χ1v) is 7.01. The highest BCUT2D eigenvalue weighted by Gasteiger charge is 2.19. The molecular weight excluding hydrogens is 190 g/mol. The highest BCUT2D eigenvalue weighted by atomic mass is 32.2. The Bertz CT molecular complexity index is 199. The van der Waals surface area contributed by atoms with Crippen molar-refractivity contribution in [2.45, 2.75) is 18.1 Å². The molecule has 1 fully saturated rings. The summed E-state index contributed by atoms with van der Waals surface area (Å²) in [6.45, 7) is 0.736. The molecule has 0 saturated carbocycles. The highest BCUT2D eigenvalue weighted by molar-refractivity contribution is 8.31. The van der Waals surface area contributed by atoms with Crippen LogP contribution < -0.4 is 0 Å². The van der Waals surface area contributed by atoms with Crippen LogP contribution in [0.1, 0.15) is 12.8 Å². The van der Waals surface area contributed by atoms with Gasteiger partial charge in [0, 0.05) is 0 Å². The van der Waals surface area contributed by atoms with E-state index in [4.69, 9.17) is 10.1 Å². The van der Waals surface area contributed by atoms with Crippen molar-refractivity contribution < 1.29 is 4.74 Å². The Hall–Kier alpha value is 0.0400. The Labute approximate surface area is 80.5 Å². The third-order valence-corrected chi connectivity index (χ3v) is 4.34. The summed E-state index contributed by atoms with van der Waals surface area (Å²) in [5, 5.41) is 7.82. The largest absolute Gasteiger partial charge is 0.480 e. The van der Waals surface area contributed by atoms with E-state index < -0.39 is 0 Å². The minimum atomic E-state index is 0.286. The molecule has 0 aliphatic carbocycles. The van der Waals surface area contributed by atoms with Crippen LogP contribution in [0.4, 0.5) is 0 Å². The molecule has 0 amide bonds. The SMILES string of the molecule is CS(C)=CSC1CCCOC1=N. The van der Waals surface area contributed by atoms with Crippen LogP contribution in [0.5, 0.6) is 0 Å². The van der Waals surface area contributed by atoms with Crippen molar-refractivity contribution in [2.24, 2.45) is 0 Å².